The molecule has 1 N–H and O–H groups in total. The van der Waals surface area contributed by atoms with E-state index in [4.69, 9.17) is 0 Å². The van der Waals surface area contributed by atoms with E-state index in [0.717, 1.165) is 26.1 Å². The van der Waals surface area contributed by atoms with Crippen LogP contribution in [0.3, 0.4) is 0 Å². The summed E-state index contributed by atoms with van der Waals surface area (Å²) >= 11 is 0. The molecular weight excluding hydrogens is 282 g/mol. The Bertz CT molecular complexity index is 654. The molecule has 2 aliphatic rings. The molecule has 23 heavy (non-hydrogen) atoms. The maximum absolute atomic E-state index is 9.87. The van der Waals surface area contributed by atoms with Gasteiger partial charge in [0.15, 0.2) is 0 Å². The highest BCUT2D eigenvalue weighted by Crippen LogP contribution is 2.42. The number of rotatable bonds is 3. The second-order valence-corrected chi connectivity index (χ2v) is 7.22. The summed E-state index contributed by atoms with van der Waals surface area (Å²) in [4.78, 5) is 2.62. The van der Waals surface area contributed by atoms with Gasteiger partial charge in [0.25, 0.3) is 0 Å². The number of hydrogen-bond acceptors (Lipinski definition) is 2. The molecule has 1 heterocycles. The molecule has 2 nitrogen and oxygen atoms in total. The van der Waals surface area contributed by atoms with E-state index < -0.39 is 0 Å². The predicted molar refractivity (Wildman–Crippen MR) is 93.5 cm³/mol. The Morgan fingerprint density at radius 1 is 0.870 bits per heavy atom. The van der Waals surface area contributed by atoms with Crippen molar-refractivity contribution in [3.05, 3.63) is 71.3 Å². The second-order valence-electron chi connectivity index (χ2n) is 7.22. The van der Waals surface area contributed by atoms with Crippen molar-refractivity contribution < 1.29 is 5.11 Å². The maximum atomic E-state index is 9.87. The van der Waals surface area contributed by atoms with Gasteiger partial charge in [0.2, 0.25) is 0 Å². The van der Waals surface area contributed by atoms with Crippen LogP contribution in [0.5, 0.6) is 0 Å². The van der Waals surface area contributed by atoms with Crippen LogP contribution in [0.25, 0.3) is 0 Å². The average Bonchev–Trinajstić information content (AvgIpc) is 2.70. The van der Waals surface area contributed by atoms with Crippen LogP contribution in [-0.2, 0) is 6.54 Å². The highest BCUT2D eigenvalue weighted by atomic mass is 16.3. The minimum atomic E-state index is 0.277. The van der Waals surface area contributed by atoms with Crippen LogP contribution in [0.2, 0.25) is 0 Å². The lowest BCUT2D eigenvalue weighted by atomic mass is 9.85. The van der Waals surface area contributed by atoms with Gasteiger partial charge in [0, 0.05) is 32.2 Å². The molecule has 0 amide bonds. The summed E-state index contributed by atoms with van der Waals surface area (Å²) in [6.07, 6.45) is 2.40. The fourth-order valence-corrected chi connectivity index (χ4v) is 4.63. The van der Waals surface area contributed by atoms with Gasteiger partial charge in [-0.2, -0.15) is 0 Å². The zero-order valence-corrected chi connectivity index (χ0v) is 13.6. The van der Waals surface area contributed by atoms with Crippen molar-refractivity contribution in [3.8, 4) is 0 Å². The van der Waals surface area contributed by atoms with Gasteiger partial charge in [-0.15, -0.1) is 0 Å². The molecule has 0 aromatic heterocycles. The first kappa shape index (κ1) is 14.9. The summed E-state index contributed by atoms with van der Waals surface area (Å²) < 4.78 is 0. The van der Waals surface area contributed by atoms with Gasteiger partial charge in [-0.25, -0.2) is 0 Å². The molecule has 1 saturated heterocycles. The Morgan fingerprint density at radius 2 is 1.61 bits per heavy atom. The summed E-state index contributed by atoms with van der Waals surface area (Å²) in [5, 5.41) is 9.87. The van der Waals surface area contributed by atoms with Gasteiger partial charge in [0.1, 0.15) is 0 Å². The Hall–Kier alpha value is -1.64. The van der Waals surface area contributed by atoms with Crippen LogP contribution in [0.1, 0.15) is 41.4 Å². The van der Waals surface area contributed by atoms with Crippen molar-refractivity contribution in [2.75, 3.05) is 19.7 Å². The third-order valence-electron chi connectivity index (χ3n) is 5.58. The third kappa shape index (κ3) is 3.06. The van der Waals surface area contributed by atoms with Gasteiger partial charge in [0.05, 0.1) is 0 Å². The number of nitrogens with zero attached hydrogens (tertiary/aromatic N) is 1. The van der Waals surface area contributed by atoms with Gasteiger partial charge >= 0.3 is 0 Å². The number of benzene rings is 2. The molecule has 2 aromatic carbocycles. The Morgan fingerprint density at radius 3 is 2.39 bits per heavy atom. The summed E-state index contributed by atoms with van der Waals surface area (Å²) in [5.41, 5.74) is 4.27. The minimum Gasteiger partial charge on any atom is -0.396 e. The van der Waals surface area contributed by atoms with E-state index in [9.17, 15) is 5.11 Å². The highest BCUT2D eigenvalue weighted by molar-refractivity contribution is 5.36. The van der Waals surface area contributed by atoms with E-state index in [2.05, 4.69) is 59.5 Å². The Labute approximate surface area is 138 Å². The van der Waals surface area contributed by atoms with Crippen LogP contribution in [-0.4, -0.2) is 29.7 Å². The van der Waals surface area contributed by atoms with E-state index in [1.54, 1.807) is 0 Å². The van der Waals surface area contributed by atoms with Crippen molar-refractivity contribution in [2.45, 2.75) is 31.2 Å². The molecule has 2 bridgehead atoms. The van der Waals surface area contributed by atoms with E-state index in [0.29, 0.717) is 17.8 Å². The maximum Gasteiger partial charge on any atom is 0.0499 e. The molecule has 0 saturated carbocycles. The lowest BCUT2D eigenvalue weighted by molar-refractivity contribution is 0.137. The molecule has 1 aliphatic heterocycles. The monoisotopic (exact) mass is 307 g/mol. The molecule has 0 radical (unpaired) electrons. The van der Waals surface area contributed by atoms with Crippen LogP contribution in [0.15, 0.2) is 54.6 Å². The fourth-order valence-electron chi connectivity index (χ4n) is 4.63. The lowest BCUT2D eigenvalue weighted by Gasteiger charge is -2.37. The summed E-state index contributed by atoms with van der Waals surface area (Å²) in [7, 11) is 0. The van der Waals surface area contributed by atoms with Crippen molar-refractivity contribution >= 4 is 0 Å². The number of aliphatic hydroxyl groups excluding tert-OH is 1. The molecule has 1 aliphatic carbocycles. The molecule has 4 rings (SSSR count). The minimum absolute atomic E-state index is 0.277. The first-order chi connectivity index (χ1) is 11.3. The number of fused-ring (bicyclic) bond motifs is 4. The van der Waals surface area contributed by atoms with Gasteiger partial charge in [-0.3, -0.25) is 4.90 Å². The van der Waals surface area contributed by atoms with E-state index in [1.165, 1.54) is 23.1 Å². The van der Waals surface area contributed by atoms with Crippen molar-refractivity contribution in [1.82, 2.24) is 4.90 Å². The third-order valence-corrected chi connectivity index (χ3v) is 5.58. The van der Waals surface area contributed by atoms with E-state index in [1.807, 2.05) is 0 Å². The predicted octanol–water partition coefficient (Wildman–Crippen LogP) is 3.77. The smallest absolute Gasteiger partial charge is 0.0499 e. The van der Waals surface area contributed by atoms with E-state index >= 15 is 0 Å². The van der Waals surface area contributed by atoms with Crippen molar-refractivity contribution in [2.24, 2.45) is 5.92 Å². The molecule has 3 atom stereocenters. The largest absolute Gasteiger partial charge is 0.396 e. The topological polar surface area (TPSA) is 23.5 Å². The molecule has 3 unspecified atom stereocenters. The van der Waals surface area contributed by atoms with Gasteiger partial charge in [-0.05, 0) is 41.4 Å². The zero-order chi connectivity index (χ0) is 15.6. The number of aliphatic hydroxyl groups is 1. The highest BCUT2D eigenvalue weighted by Gasteiger charge is 2.35. The first-order valence-electron chi connectivity index (χ1n) is 8.79. The molecule has 2 aromatic rings. The van der Waals surface area contributed by atoms with Crippen LogP contribution >= 0.6 is 0 Å². The SMILES string of the molecule is OCC1CC2CC(CN(Cc3ccccc3)C2)c2ccccc21. The van der Waals surface area contributed by atoms with E-state index in [-0.39, 0.29) is 6.61 Å². The molecule has 2 heteroatoms. The quantitative estimate of drug-likeness (QED) is 0.933. The fraction of sp³-hybridized carbons (Fsp3) is 0.429. The van der Waals surface area contributed by atoms with Crippen LogP contribution in [0.4, 0.5) is 0 Å². The zero-order valence-electron chi connectivity index (χ0n) is 13.6. The average molecular weight is 307 g/mol. The van der Waals surface area contributed by atoms with Crippen LogP contribution in [0, 0.1) is 5.92 Å². The van der Waals surface area contributed by atoms with Crippen molar-refractivity contribution in [3.63, 3.8) is 0 Å². The van der Waals surface area contributed by atoms with Gasteiger partial charge in [-0.1, -0.05) is 54.6 Å². The number of piperidine rings is 1. The Balaban J connectivity index is 1.60. The summed E-state index contributed by atoms with van der Waals surface area (Å²) in [6, 6.07) is 19.6. The normalized spacial score (nSPS) is 27.3. The summed E-state index contributed by atoms with van der Waals surface area (Å²) in [5.74, 6) is 1.63. The Kier molecular flexibility index (Phi) is 4.19. The first-order valence-corrected chi connectivity index (χ1v) is 8.79. The van der Waals surface area contributed by atoms with Crippen molar-refractivity contribution in [1.29, 1.82) is 0 Å². The lowest BCUT2D eigenvalue weighted by Crippen LogP contribution is -2.38. The second kappa shape index (κ2) is 6.46. The van der Waals surface area contributed by atoms with Gasteiger partial charge < -0.3 is 5.11 Å². The van der Waals surface area contributed by atoms with Crippen LogP contribution < -0.4 is 0 Å². The summed E-state index contributed by atoms with van der Waals surface area (Å²) in [6.45, 7) is 3.62. The molecule has 120 valence electrons. The molecular formula is C21H25NO. The molecule has 1 fully saturated rings. The number of likely N-dealkylation sites (tertiary alicyclic amines) is 1. The molecule has 0 spiro atoms. The standard InChI is InChI=1S/C21H25NO/c23-15-19-11-17-10-18(20-8-4-5-9-21(19)20)14-22(13-17)12-16-6-2-1-3-7-16/h1-9,17-19,23H,10-15H2. The number of hydrogen-bond donors (Lipinski definition) is 1.